The molecule has 1 aromatic carbocycles. The number of primary amides is 1. The van der Waals surface area contributed by atoms with Crippen LogP contribution in [0.15, 0.2) is 24.4 Å². The number of nitrogens with zero attached hydrogens (tertiary/aromatic N) is 1. The van der Waals surface area contributed by atoms with Crippen LogP contribution in [0.2, 0.25) is 0 Å². The van der Waals surface area contributed by atoms with Crippen LogP contribution >= 0.6 is 0 Å². The molecule has 0 bridgehead atoms. The number of carbonyl (C=O) groups is 1. The van der Waals surface area contributed by atoms with Gasteiger partial charge >= 0.3 is 0 Å². The zero-order valence-electron chi connectivity index (χ0n) is 12.0. The number of fused-ring (bicyclic) bond motifs is 2. The minimum Gasteiger partial charge on any atom is -0.454 e. The maximum absolute atomic E-state index is 11.1. The summed E-state index contributed by atoms with van der Waals surface area (Å²) in [5.41, 5.74) is 4.80. The smallest absolute Gasteiger partial charge is 0.231 e. The number of anilines is 1. The van der Waals surface area contributed by atoms with Gasteiger partial charge in [-0.05, 0) is 37.4 Å². The van der Waals surface area contributed by atoms with Crippen LogP contribution in [0.4, 0.5) is 5.82 Å². The van der Waals surface area contributed by atoms with Crippen molar-refractivity contribution in [1.29, 1.82) is 0 Å². The number of rotatable bonds is 4. The van der Waals surface area contributed by atoms with Crippen LogP contribution in [-0.2, 0) is 4.79 Å². The molecule has 6 heteroatoms. The van der Waals surface area contributed by atoms with Crippen molar-refractivity contribution >= 4 is 22.5 Å². The van der Waals surface area contributed by atoms with Crippen LogP contribution in [0.25, 0.3) is 10.8 Å². The maximum atomic E-state index is 11.1. The quantitative estimate of drug-likeness (QED) is 0.898. The second-order valence-electron chi connectivity index (χ2n) is 5.74. The number of aromatic nitrogens is 1. The van der Waals surface area contributed by atoms with Crippen LogP contribution in [0.3, 0.4) is 0 Å². The summed E-state index contributed by atoms with van der Waals surface area (Å²) >= 11 is 0. The Morgan fingerprint density at radius 2 is 2.10 bits per heavy atom. The van der Waals surface area contributed by atoms with Gasteiger partial charge in [-0.2, -0.15) is 0 Å². The zero-order valence-corrected chi connectivity index (χ0v) is 12.0. The van der Waals surface area contributed by atoms with Crippen molar-refractivity contribution in [2.75, 3.05) is 12.1 Å². The van der Waals surface area contributed by atoms with E-state index in [0.29, 0.717) is 11.6 Å². The van der Waals surface area contributed by atoms with Gasteiger partial charge in [0, 0.05) is 23.5 Å². The fourth-order valence-electron chi connectivity index (χ4n) is 2.46. The van der Waals surface area contributed by atoms with E-state index in [4.69, 9.17) is 15.2 Å². The van der Waals surface area contributed by atoms with Crippen LogP contribution in [0.1, 0.15) is 20.3 Å². The van der Waals surface area contributed by atoms with Gasteiger partial charge in [-0.15, -0.1) is 0 Å². The molecular formula is C15H17N3O3. The van der Waals surface area contributed by atoms with E-state index in [9.17, 15) is 4.79 Å². The highest BCUT2D eigenvalue weighted by molar-refractivity contribution is 5.94. The molecule has 21 heavy (non-hydrogen) atoms. The zero-order chi connectivity index (χ0) is 15.0. The molecule has 2 heterocycles. The lowest BCUT2D eigenvalue weighted by Crippen LogP contribution is -2.36. The maximum Gasteiger partial charge on any atom is 0.231 e. The number of pyridine rings is 1. The lowest BCUT2D eigenvalue weighted by atomic mass is 9.99. The summed E-state index contributed by atoms with van der Waals surface area (Å²) in [7, 11) is 0. The number of hydrogen-bond donors (Lipinski definition) is 2. The number of nitrogens with two attached hydrogens (primary N) is 1. The van der Waals surface area contributed by atoms with Gasteiger partial charge in [-0.3, -0.25) is 4.79 Å². The molecule has 6 nitrogen and oxygen atoms in total. The molecule has 0 unspecified atom stereocenters. The minimum atomic E-state index is -0.483. The largest absolute Gasteiger partial charge is 0.454 e. The predicted octanol–water partition coefficient (Wildman–Crippen LogP) is 2.03. The van der Waals surface area contributed by atoms with Crippen molar-refractivity contribution in [2.24, 2.45) is 5.73 Å². The molecule has 2 aromatic rings. The van der Waals surface area contributed by atoms with Crippen LogP contribution in [0.5, 0.6) is 11.5 Å². The Morgan fingerprint density at radius 3 is 2.81 bits per heavy atom. The molecule has 0 radical (unpaired) electrons. The van der Waals surface area contributed by atoms with Gasteiger partial charge in [-0.25, -0.2) is 4.98 Å². The van der Waals surface area contributed by atoms with Crippen molar-refractivity contribution in [1.82, 2.24) is 4.98 Å². The molecule has 0 saturated carbocycles. The van der Waals surface area contributed by atoms with E-state index in [1.807, 2.05) is 32.0 Å². The fourth-order valence-corrected chi connectivity index (χ4v) is 2.46. The van der Waals surface area contributed by atoms with Crippen molar-refractivity contribution in [3.05, 3.63) is 24.4 Å². The molecule has 0 aliphatic carbocycles. The number of amides is 1. The first-order chi connectivity index (χ1) is 9.94. The van der Waals surface area contributed by atoms with Crippen LogP contribution < -0.4 is 20.5 Å². The summed E-state index contributed by atoms with van der Waals surface area (Å²) in [5.74, 6) is 1.77. The summed E-state index contributed by atoms with van der Waals surface area (Å²) < 4.78 is 10.8. The highest BCUT2D eigenvalue weighted by atomic mass is 16.7. The number of ether oxygens (including phenoxy) is 2. The molecule has 0 atom stereocenters. The molecule has 1 aromatic heterocycles. The minimum absolute atomic E-state index is 0.218. The Morgan fingerprint density at radius 1 is 1.38 bits per heavy atom. The number of benzene rings is 1. The van der Waals surface area contributed by atoms with E-state index < -0.39 is 5.54 Å². The SMILES string of the molecule is CC(C)(CC(N)=O)Nc1nccc2cc3c(cc12)OCO3. The van der Waals surface area contributed by atoms with Crippen molar-refractivity contribution in [3.8, 4) is 11.5 Å². The third-order valence-electron chi connectivity index (χ3n) is 3.33. The first-order valence-electron chi connectivity index (χ1n) is 6.69. The molecule has 3 N–H and O–H groups in total. The van der Waals surface area contributed by atoms with Crippen LogP contribution in [0, 0.1) is 0 Å². The average molecular weight is 287 g/mol. The molecule has 1 aliphatic rings. The Labute approximate surface area is 122 Å². The van der Waals surface area contributed by atoms with E-state index in [-0.39, 0.29) is 19.1 Å². The second kappa shape index (κ2) is 4.80. The summed E-state index contributed by atoms with van der Waals surface area (Å²) in [6, 6.07) is 5.72. The molecular weight excluding hydrogens is 270 g/mol. The summed E-state index contributed by atoms with van der Waals surface area (Å²) in [5, 5.41) is 5.18. The summed E-state index contributed by atoms with van der Waals surface area (Å²) in [4.78, 5) is 15.5. The molecule has 110 valence electrons. The number of carbonyl (C=O) groups excluding carboxylic acids is 1. The first-order valence-corrected chi connectivity index (χ1v) is 6.69. The topological polar surface area (TPSA) is 86.5 Å². The monoisotopic (exact) mass is 287 g/mol. The Bertz CT molecular complexity index is 713. The van der Waals surface area contributed by atoms with Gasteiger partial charge < -0.3 is 20.5 Å². The van der Waals surface area contributed by atoms with Crippen LogP contribution in [-0.4, -0.2) is 23.2 Å². The van der Waals surface area contributed by atoms with Gasteiger partial charge in [0.05, 0.1) is 0 Å². The van der Waals surface area contributed by atoms with Crippen molar-refractivity contribution in [3.63, 3.8) is 0 Å². The van der Waals surface area contributed by atoms with Gasteiger partial charge in [-0.1, -0.05) is 0 Å². The van der Waals surface area contributed by atoms with Gasteiger partial charge in [0.25, 0.3) is 0 Å². The molecule has 0 fully saturated rings. The van der Waals surface area contributed by atoms with Gasteiger partial charge in [0.1, 0.15) is 5.82 Å². The highest BCUT2D eigenvalue weighted by Gasteiger charge is 2.23. The lowest BCUT2D eigenvalue weighted by molar-refractivity contribution is -0.118. The normalized spacial score (nSPS) is 13.4. The Balaban J connectivity index is 2.01. The molecule has 0 spiro atoms. The third kappa shape index (κ3) is 2.69. The van der Waals surface area contributed by atoms with E-state index in [2.05, 4.69) is 10.3 Å². The second-order valence-corrected chi connectivity index (χ2v) is 5.74. The first kappa shape index (κ1) is 13.5. The average Bonchev–Trinajstić information content (AvgIpc) is 2.81. The van der Waals surface area contributed by atoms with Gasteiger partial charge in [0.2, 0.25) is 12.7 Å². The molecule has 3 rings (SSSR count). The Kier molecular flexibility index (Phi) is 3.08. The van der Waals surface area contributed by atoms with E-state index in [1.165, 1.54) is 0 Å². The fraction of sp³-hybridized carbons (Fsp3) is 0.333. The third-order valence-corrected chi connectivity index (χ3v) is 3.33. The summed E-state index contributed by atoms with van der Waals surface area (Å²) in [6.07, 6.45) is 1.93. The molecule has 0 saturated heterocycles. The highest BCUT2D eigenvalue weighted by Crippen LogP contribution is 2.38. The standard InChI is InChI=1S/C15H17N3O3/c1-15(2,7-13(16)19)18-14-10-6-12-11(20-8-21-12)5-9(10)3-4-17-14/h3-6H,7-8H2,1-2H3,(H2,16,19)(H,17,18). The lowest BCUT2D eigenvalue weighted by Gasteiger charge is -2.26. The van der Waals surface area contributed by atoms with Gasteiger partial charge in [0.15, 0.2) is 11.5 Å². The van der Waals surface area contributed by atoms with E-state index in [1.54, 1.807) is 6.20 Å². The van der Waals surface area contributed by atoms with Crippen molar-refractivity contribution < 1.29 is 14.3 Å². The predicted molar refractivity (Wildman–Crippen MR) is 79.4 cm³/mol. The Hall–Kier alpha value is -2.50. The molecule has 1 amide bonds. The molecule has 1 aliphatic heterocycles. The number of nitrogens with one attached hydrogen (secondary N) is 1. The van der Waals surface area contributed by atoms with Crippen molar-refractivity contribution in [2.45, 2.75) is 25.8 Å². The summed E-state index contributed by atoms with van der Waals surface area (Å²) in [6.45, 7) is 4.05. The van der Waals surface area contributed by atoms with E-state index in [0.717, 1.165) is 16.5 Å². The number of hydrogen-bond acceptors (Lipinski definition) is 5. The van der Waals surface area contributed by atoms with E-state index >= 15 is 0 Å².